The molecule has 0 saturated carbocycles. The van der Waals surface area contributed by atoms with Gasteiger partial charge in [0.05, 0.1) is 26.0 Å². The molecule has 1 aliphatic rings. The van der Waals surface area contributed by atoms with E-state index in [1.807, 2.05) is 19.2 Å². The number of quaternary nitrogens is 1. The molecule has 0 spiro atoms. The van der Waals surface area contributed by atoms with Gasteiger partial charge in [-0.1, -0.05) is 12.1 Å². The predicted molar refractivity (Wildman–Crippen MR) is 98.8 cm³/mol. The van der Waals surface area contributed by atoms with Crippen LogP contribution in [0.2, 0.25) is 0 Å². The molecule has 4 nitrogen and oxygen atoms in total. The van der Waals surface area contributed by atoms with Crippen molar-refractivity contribution in [2.24, 2.45) is 0 Å². The Hall–Kier alpha value is -2.33. The Labute approximate surface area is 142 Å². The summed E-state index contributed by atoms with van der Waals surface area (Å²) >= 11 is 0. The van der Waals surface area contributed by atoms with Crippen molar-refractivity contribution in [3.05, 3.63) is 48.1 Å². The van der Waals surface area contributed by atoms with Crippen molar-refractivity contribution in [2.75, 3.05) is 19.0 Å². The van der Waals surface area contributed by atoms with Crippen molar-refractivity contribution < 1.29 is 8.90 Å². The highest BCUT2D eigenvalue weighted by atomic mass is 16.3. The molecule has 0 atom stereocenters. The second-order valence-corrected chi connectivity index (χ2v) is 7.73. The van der Waals surface area contributed by atoms with E-state index < -0.39 is 0 Å². The lowest BCUT2D eigenvalue weighted by atomic mass is 10.1. The molecule has 1 aliphatic heterocycles. The first-order valence-electron chi connectivity index (χ1n) is 8.33. The van der Waals surface area contributed by atoms with Gasteiger partial charge in [-0.15, -0.1) is 0 Å². The van der Waals surface area contributed by atoms with Gasteiger partial charge in [0.15, 0.2) is 11.2 Å². The Morgan fingerprint density at radius 2 is 1.88 bits per heavy atom. The van der Waals surface area contributed by atoms with Gasteiger partial charge >= 0.3 is 0 Å². The summed E-state index contributed by atoms with van der Waals surface area (Å²) in [5.41, 5.74) is 5.08. The fraction of sp³-hybridized carbons (Fsp3) is 0.350. The van der Waals surface area contributed by atoms with Crippen LogP contribution in [0.4, 0.5) is 5.69 Å². The molecule has 0 N–H and O–H groups in total. The highest BCUT2D eigenvalue weighted by Crippen LogP contribution is 2.43. The topological polar surface area (TPSA) is 29.3 Å². The first kappa shape index (κ1) is 15.2. The summed E-state index contributed by atoms with van der Waals surface area (Å²) in [6.45, 7) is 8.66. The van der Waals surface area contributed by atoms with Crippen molar-refractivity contribution in [1.82, 2.24) is 4.98 Å². The average molecular weight is 322 g/mol. The van der Waals surface area contributed by atoms with Gasteiger partial charge in [0.1, 0.15) is 11.8 Å². The Kier molecular flexibility index (Phi) is 2.92. The van der Waals surface area contributed by atoms with Gasteiger partial charge in [0.2, 0.25) is 0 Å². The number of nitrogens with zero attached hydrogens (tertiary/aromatic N) is 3. The summed E-state index contributed by atoms with van der Waals surface area (Å²) in [6, 6.07) is 6.33. The van der Waals surface area contributed by atoms with Gasteiger partial charge in [0.25, 0.3) is 0 Å². The van der Waals surface area contributed by atoms with E-state index in [1.54, 1.807) is 0 Å². The van der Waals surface area contributed by atoms with Gasteiger partial charge in [-0.3, -0.25) is 14.4 Å². The van der Waals surface area contributed by atoms with Crippen molar-refractivity contribution in [3.8, 4) is 0 Å². The maximum atomic E-state index is 6.30. The Morgan fingerprint density at radius 3 is 2.54 bits per heavy atom. The molecule has 0 radical (unpaired) electrons. The minimum atomic E-state index is -0.0911. The third kappa shape index (κ3) is 1.86. The number of fused-ring (bicyclic) bond motifs is 3. The molecule has 3 aromatic rings. The zero-order chi connectivity index (χ0) is 17.3. The van der Waals surface area contributed by atoms with Crippen LogP contribution >= 0.6 is 0 Å². The third-order valence-electron chi connectivity index (χ3n) is 5.67. The number of anilines is 1. The molecule has 124 valence electrons. The van der Waals surface area contributed by atoms with E-state index in [0.29, 0.717) is 0 Å². The van der Waals surface area contributed by atoms with Gasteiger partial charge in [-0.05, 0) is 19.4 Å². The van der Waals surface area contributed by atoms with E-state index >= 15 is 0 Å². The number of rotatable bonds is 1. The van der Waals surface area contributed by atoms with Crippen LogP contribution in [0, 0.1) is 13.8 Å². The zero-order valence-electron chi connectivity index (χ0n) is 15.2. The molecule has 2 aromatic heterocycles. The van der Waals surface area contributed by atoms with Gasteiger partial charge in [-0.25, -0.2) is 0 Å². The van der Waals surface area contributed by atoms with Gasteiger partial charge in [-0.2, -0.15) is 0 Å². The summed E-state index contributed by atoms with van der Waals surface area (Å²) in [7, 11) is 4.44. The number of aromatic nitrogens is 1. The van der Waals surface area contributed by atoms with E-state index in [-0.39, 0.29) is 5.66 Å². The number of aryl methyl sites for hydroxylation is 2. The van der Waals surface area contributed by atoms with Crippen molar-refractivity contribution in [1.29, 1.82) is 0 Å². The molecule has 0 aliphatic carbocycles. The fourth-order valence-corrected chi connectivity index (χ4v) is 3.44. The number of hydrogen-bond donors (Lipinski definition) is 0. The molecule has 1 aromatic carbocycles. The number of furan rings is 1. The molecule has 4 rings (SSSR count). The molecule has 0 saturated heterocycles. The number of hydrogen-bond acceptors (Lipinski definition) is 3. The van der Waals surface area contributed by atoms with Gasteiger partial charge < -0.3 is 4.42 Å². The largest absolute Gasteiger partial charge is 0.454 e. The molecule has 0 fully saturated rings. The van der Waals surface area contributed by atoms with Crippen molar-refractivity contribution in [2.45, 2.75) is 33.4 Å². The molecule has 0 unspecified atom stereocenters. The van der Waals surface area contributed by atoms with Crippen LogP contribution in [-0.4, -0.2) is 29.2 Å². The zero-order valence-corrected chi connectivity index (χ0v) is 15.2. The predicted octanol–water partition coefficient (Wildman–Crippen LogP) is 4.70. The summed E-state index contributed by atoms with van der Waals surface area (Å²) < 4.78 is 7.09. The Bertz CT molecular complexity index is 995. The molecule has 0 bridgehead atoms. The Morgan fingerprint density at radius 1 is 1.12 bits per heavy atom. The molecule has 0 amide bonds. The van der Waals surface area contributed by atoms with Crippen LogP contribution in [0.15, 0.2) is 41.2 Å². The summed E-state index contributed by atoms with van der Waals surface area (Å²) in [6.07, 6.45) is 6.33. The lowest BCUT2D eigenvalue weighted by Gasteiger charge is -2.42. The van der Waals surface area contributed by atoms with Crippen LogP contribution in [0.3, 0.4) is 0 Å². The smallest absolute Gasteiger partial charge is 0.176 e. The van der Waals surface area contributed by atoms with Crippen LogP contribution in [0.1, 0.15) is 25.1 Å². The van der Waals surface area contributed by atoms with Crippen LogP contribution in [-0.2, 0) is 0 Å². The van der Waals surface area contributed by atoms with Crippen LogP contribution in [0.25, 0.3) is 21.9 Å². The van der Waals surface area contributed by atoms with E-state index in [4.69, 9.17) is 4.42 Å². The number of pyridine rings is 1. The Balaban J connectivity index is 2.04. The fourth-order valence-electron chi connectivity index (χ4n) is 3.44. The minimum absolute atomic E-state index is 0.0911. The highest BCUT2D eigenvalue weighted by molar-refractivity contribution is 6.09. The molecule has 3 heterocycles. The van der Waals surface area contributed by atoms with Crippen LogP contribution in [0.5, 0.6) is 0 Å². The second-order valence-electron chi connectivity index (χ2n) is 7.73. The van der Waals surface area contributed by atoms with Crippen molar-refractivity contribution in [3.63, 3.8) is 0 Å². The van der Waals surface area contributed by atoms with E-state index in [1.165, 1.54) is 5.56 Å². The van der Waals surface area contributed by atoms with Crippen molar-refractivity contribution >= 4 is 27.6 Å². The maximum Gasteiger partial charge on any atom is 0.176 e. The van der Waals surface area contributed by atoms with E-state index in [0.717, 1.165) is 37.8 Å². The standard InChI is InChI=1S/C20H24N3O/c1-13-7-8-15-16-12-21-14(2)11-17(16)24-19(15)18(13)22-9-10-23(5,6)20(22,3)4/h7-12H,1-6H3/q+1. The SMILES string of the molecule is Cc1cc2oc3c(N4C=C[N+](C)(C)C4(C)C)c(C)ccc3c2cn1. The monoisotopic (exact) mass is 322 g/mol. The minimum Gasteiger partial charge on any atom is -0.454 e. The molecule has 4 heteroatoms. The quantitative estimate of drug-likeness (QED) is 0.608. The summed E-state index contributed by atoms with van der Waals surface area (Å²) in [5, 5.41) is 2.20. The third-order valence-corrected chi connectivity index (χ3v) is 5.67. The maximum absolute atomic E-state index is 6.30. The number of benzene rings is 1. The highest BCUT2D eigenvalue weighted by Gasteiger charge is 2.46. The lowest BCUT2D eigenvalue weighted by molar-refractivity contribution is -0.882. The second kappa shape index (κ2) is 4.61. The molecule has 24 heavy (non-hydrogen) atoms. The van der Waals surface area contributed by atoms with E-state index in [9.17, 15) is 0 Å². The van der Waals surface area contributed by atoms with E-state index in [2.05, 4.69) is 69.3 Å². The normalized spacial score (nSPS) is 18.8. The first-order chi connectivity index (χ1) is 11.2. The average Bonchev–Trinajstić information content (AvgIpc) is 2.95. The lowest BCUT2D eigenvalue weighted by Crippen LogP contribution is -2.57. The molecular weight excluding hydrogens is 298 g/mol. The van der Waals surface area contributed by atoms with Crippen LogP contribution < -0.4 is 4.90 Å². The summed E-state index contributed by atoms with van der Waals surface area (Å²) in [5.74, 6) is 0. The summed E-state index contributed by atoms with van der Waals surface area (Å²) in [4.78, 5) is 6.78. The van der Waals surface area contributed by atoms with Gasteiger partial charge in [0, 0.05) is 42.6 Å². The molecular formula is C20H24N3O+. The first-order valence-corrected chi connectivity index (χ1v) is 8.33.